The standard InChI is InChI=1S/C14H19F2N/c1-9-6-10(2)8-14(17,7-9)11-4-3-5-12(15)13(11)16/h3-5,9-10H,6-8,17H2,1-2H3. The fraction of sp³-hybridized carbons (Fsp3) is 0.571. The van der Waals surface area contributed by atoms with Crippen molar-refractivity contribution in [3.05, 3.63) is 35.4 Å². The Morgan fingerprint density at radius 3 is 2.35 bits per heavy atom. The van der Waals surface area contributed by atoms with Gasteiger partial charge in [-0.05, 0) is 37.2 Å². The monoisotopic (exact) mass is 239 g/mol. The Morgan fingerprint density at radius 1 is 1.18 bits per heavy atom. The molecule has 0 spiro atoms. The zero-order chi connectivity index (χ0) is 12.6. The summed E-state index contributed by atoms with van der Waals surface area (Å²) in [5.74, 6) is -0.688. The van der Waals surface area contributed by atoms with Crippen molar-refractivity contribution < 1.29 is 8.78 Å². The van der Waals surface area contributed by atoms with Crippen LogP contribution in [-0.2, 0) is 5.54 Å². The summed E-state index contributed by atoms with van der Waals surface area (Å²) in [4.78, 5) is 0. The summed E-state index contributed by atoms with van der Waals surface area (Å²) in [7, 11) is 0. The van der Waals surface area contributed by atoms with Gasteiger partial charge >= 0.3 is 0 Å². The van der Waals surface area contributed by atoms with E-state index in [1.54, 1.807) is 6.07 Å². The van der Waals surface area contributed by atoms with Crippen LogP contribution in [0.1, 0.15) is 38.7 Å². The first-order valence-electron chi connectivity index (χ1n) is 6.16. The molecule has 1 aromatic rings. The van der Waals surface area contributed by atoms with Gasteiger partial charge in [-0.3, -0.25) is 0 Å². The number of rotatable bonds is 1. The Bertz CT molecular complexity index is 407. The Hall–Kier alpha value is -0.960. The van der Waals surface area contributed by atoms with Crippen LogP contribution in [-0.4, -0.2) is 0 Å². The number of benzene rings is 1. The molecule has 2 N–H and O–H groups in total. The van der Waals surface area contributed by atoms with E-state index < -0.39 is 17.2 Å². The summed E-state index contributed by atoms with van der Waals surface area (Å²) in [6.07, 6.45) is 2.55. The van der Waals surface area contributed by atoms with E-state index in [1.807, 2.05) is 0 Å². The van der Waals surface area contributed by atoms with Crippen LogP contribution >= 0.6 is 0 Å². The zero-order valence-electron chi connectivity index (χ0n) is 10.3. The first kappa shape index (κ1) is 12.5. The van der Waals surface area contributed by atoms with E-state index >= 15 is 0 Å². The predicted molar refractivity (Wildman–Crippen MR) is 64.4 cm³/mol. The van der Waals surface area contributed by atoms with Gasteiger partial charge in [0, 0.05) is 11.1 Å². The topological polar surface area (TPSA) is 26.0 Å². The zero-order valence-corrected chi connectivity index (χ0v) is 10.3. The van der Waals surface area contributed by atoms with Crippen LogP contribution in [0.2, 0.25) is 0 Å². The summed E-state index contributed by atoms with van der Waals surface area (Å²) in [5, 5.41) is 0. The lowest BCUT2D eigenvalue weighted by atomic mass is 9.69. The molecular formula is C14H19F2N. The van der Waals surface area contributed by atoms with E-state index in [-0.39, 0.29) is 0 Å². The molecule has 0 heterocycles. The van der Waals surface area contributed by atoms with Crippen LogP contribution in [0, 0.1) is 23.5 Å². The third kappa shape index (κ3) is 2.34. The van der Waals surface area contributed by atoms with Crippen LogP contribution < -0.4 is 5.73 Å². The van der Waals surface area contributed by atoms with Crippen molar-refractivity contribution in [1.29, 1.82) is 0 Å². The first-order chi connectivity index (χ1) is 7.92. The maximum absolute atomic E-state index is 13.8. The van der Waals surface area contributed by atoms with Gasteiger partial charge in [-0.2, -0.15) is 0 Å². The van der Waals surface area contributed by atoms with E-state index in [0.717, 1.165) is 25.3 Å². The van der Waals surface area contributed by atoms with Gasteiger partial charge in [0.25, 0.3) is 0 Å². The highest BCUT2D eigenvalue weighted by molar-refractivity contribution is 5.27. The largest absolute Gasteiger partial charge is 0.321 e. The minimum Gasteiger partial charge on any atom is -0.321 e. The van der Waals surface area contributed by atoms with E-state index in [2.05, 4.69) is 13.8 Å². The summed E-state index contributed by atoms with van der Waals surface area (Å²) >= 11 is 0. The molecule has 0 aromatic heterocycles. The van der Waals surface area contributed by atoms with E-state index in [9.17, 15) is 8.78 Å². The van der Waals surface area contributed by atoms with Gasteiger partial charge in [0.05, 0.1) is 0 Å². The van der Waals surface area contributed by atoms with E-state index in [4.69, 9.17) is 5.73 Å². The summed E-state index contributed by atoms with van der Waals surface area (Å²) < 4.78 is 27.1. The molecule has 2 atom stereocenters. The minimum atomic E-state index is -0.807. The SMILES string of the molecule is CC1CC(C)CC(N)(c2cccc(F)c2F)C1. The molecule has 2 unspecified atom stereocenters. The molecule has 0 radical (unpaired) electrons. The predicted octanol–water partition coefficient (Wildman–Crippen LogP) is 3.57. The molecular weight excluding hydrogens is 220 g/mol. The molecule has 17 heavy (non-hydrogen) atoms. The molecule has 0 bridgehead atoms. The number of hydrogen-bond acceptors (Lipinski definition) is 1. The maximum Gasteiger partial charge on any atom is 0.163 e. The lowest BCUT2D eigenvalue weighted by Crippen LogP contribution is -2.44. The van der Waals surface area contributed by atoms with Gasteiger partial charge in [-0.15, -0.1) is 0 Å². The van der Waals surface area contributed by atoms with E-state index in [1.165, 1.54) is 6.07 Å². The second-order valence-corrected chi connectivity index (χ2v) is 5.61. The van der Waals surface area contributed by atoms with Gasteiger partial charge in [-0.25, -0.2) is 8.78 Å². The van der Waals surface area contributed by atoms with Crippen LogP contribution in [0.5, 0.6) is 0 Å². The van der Waals surface area contributed by atoms with Crippen LogP contribution in [0.3, 0.4) is 0 Å². The lowest BCUT2D eigenvalue weighted by molar-refractivity contribution is 0.178. The van der Waals surface area contributed by atoms with Crippen molar-refractivity contribution in [1.82, 2.24) is 0 Å². The molecule has 1 nitrogen and oxygen atoms in total. The van der Waals surface area contributed by atoms with Gasteiger partial charge in [-0.1, -0.05) is 26.0 Å². The fourth-order valence-electron chi connectivity index (χ4n) is 3.29. The highest BCUT2D eigenvalue weighted by Crippen LogP contribution is 2.41. The third-order valence-electron chi connectivity index (χ3n) is 3.72. The Kier molecular flexibility index (Phi) is 3.21. The van der Waals surface area contributed by atoms with Gasteiger partial charge in [0.1, 0.15) is 0 Å². The fourth-order valence-corrected chi connectivity index (χ4v) is 3.29. The van der Waals surface area contributed by atoms with Crippen LogP contribution in [0.4, 0.5) is 8.78 Å². The van der Waals surface area contributed by atoms with Crippen molar-refractivity contribution in [3.63, 3.8) is 0 Å². The number of hydrogen-bond donors (Lipinski definition) is 1. The van der Waals surface area contributed by atoms with Gasteiger partial charge < -0.3 is 5.73 Å². The Labute approximate surface area is 101 Å². The van der Waals surface area contributed by atoms with Crippen molar-refractivity contribution in [2.75, 3.05) is 0 Å². The second-order valence-electron chi connectivity index (χ2n) is 5.61. The summed E-state index contributed by atoms with van der Waals surface area (Å²) in [6, 6.07) is 4.29. The first-order valence-corrected chi connectivity index (χ1v) is 6.16. The lowest BCUT2D eigenvalue weighted by Gasteiger charge is -2.40. The van der Waals surface area contributed by atoms with Crippen molar-refractivity contribution in [2.24, 2.45) is 17.6 Å². The molecule has 2 rings (SSSR count). The quantitative estimate of drug-likeness (QED) is 0.796. The smallest absolute Gasteiger partial charge is 0.163 e. The summed E-state index contributed by atoms with van der Waals surface area (Å²) in [5.41, 5.74) is 5.93. The van der Waals surface area contributed by atoms with Gasteiger partial charge in [0.15, 0.2) is 11.6 Å². The Morgan fingerprint density at radius 2 is 1.76 bits per heavy atom. The number of nitrogens with two attached hydrogens (primary N) is 1. The van der Waals surface area contributed by atoms with Crippen LogP contribution in [0.25, 0.3) is 0 Å². The van der Waals surface area contributed by atoms with Crippen LogP contribution in [0.15, 0.2) is 18.2 Å². The summed E-state index contributed by atoms with van der Waals surface area (Å²) in [6.45, 7) is 4.24. The molecule has 94 valence electrons. The Balaban J connectivity index is 2.40. The van der Waals surface area contributed by atoms with E-state index in [0.29, 0.717) is 17.4 Å². The molecule has 1 aliphatic rings. The normalized spacial score (nSPS) is 33.7. The average Bonchev–Trinajstić information content (AvgIpc) is 2.19. The average molecular weight is 239 g/mol. The van der Waals surface area contributed by atoms with Crippen molar-refractivity contribution >= 4 is 0 Å². The third-order valence-corrected chi connectivity index (χ3v) is 3.72. The highest BCUT2D eigenvalue weighted by atomic mass is 19.2. The molecule has 3 heteroatoms. The van der Waals surface area contributed by atoms with Crippen molar-refractivity contribution in [2.45, 2.75) is 38.6 Å². The molecule has 0 saturated heterocycles. The second kappa shape index (κ2) is 4.37. The molecule has 1 aromatic carbocycles. The molecule has 1 aliphatic carbocycles. The molecule has 1 fully saturated rings. The van der Waals surface area contributed by atoms with Crippen molar-refractivity contribution in [3.8, 4) is 0 Å². The van der Waals surface area contributed by atoms with Gasteiger partial charge in [0.2, 0.25) is 0 Å². The number of halogens is 2. The highest BCUT2D eigenvalue weighted by Gasteiger charge is 2.38. The maximum atomic E-state index is 13.8. The molecule has 0 amide bonds. The minimum absolute atomic E-state index is 0.330. The molecule has 0 aliphatic heterocycles. The molecule has 1 saturated carbocycles.